The summed E-state index contributed by atoms with van der Waals surface area (Å²) in [5.74, 6) is 1.31. The Morgan fingerprint density at radius 2 is 2.00 bits per heavy atom. The van der Waals surface area contributed by atoms with Crippen LogP contribution in [0.5, 0.6) is 0 Å². The van der Waals surface area contributed by atoms with Crippen LogP contribution in [0.2, 0.25) is 0 Å². The SMILES string of the molecule is CC1CCC(O)C(CN2CCCC2CN(C)C)C1. The molecule has 0 aromatic heterocycles. The van der Waals surface area contributed by atoms with E-state index in [2.05, 4.69) is 30.8 Å². The lowest BCUT2D eigenvalue weighted by molar-refractivity contribution is 0.0263. The number of nitrogens with zero attached hydrogens (tertiary/aromatic N) is 2. The zero-order chi connectivity index (χ0) is 13.1. The Morgan fingerprint density at radius 3 is 2.72 bits per heavy atom. The van der Waals surface area contributed by atoms with Crippen molar-refractivity contribution in [3.05, 3.63) is 0 Å². The van der Waals surface area contributed by atoms with Crippen molar-refractivity contribution in [2.75, 3.05) is 33.7 Å². The number of likely N-dealkylation sites (tertiary alicyclic amines) is 1. The highest BCUT2D eigenvalue weighted by atomic mass is 16.3. The standard InChI is InChI=1S/C15H30N2O/c1-12-6-7-15(18)13(9-12)10-17-8-4-5-14(17)11-16(2)3/h12-15,18H,4-11H2,1-3H3. The van der Waals surface area contributed by atoms with Crippen LogP contribution in [0.4, 0.5) is 0 Å². The second-order valence-corrected chi connectivity index (χ2v) is 6.80. The van der Waals surface area contributed by atoms with Gasteiger partial charge in [-0.1, -0.05) is 6.92 Å². The van der Waals surface area contributed by atoms with Crippen molar-refractivity contribution < 1.29 is 5.11 Å². The van der Waals surface area contributed by atoms with Crippen LogP contribution >= 0.6 is 0 Å². The molecule has 0 radical (unpaired) electrons. The van der Waals surface area contributed by atoms with Crippen molar-refractivity contribution in [1.82, 2.24) is 9.80 Å². The molecule has 1 saturated heterocycles. The van der Waals surface area contributed by atoms with E-state index in [0.717, 1.165) is 18.9 Å². The molecule has 3 heteroatoms. The van der Waals surface area contributed by atoms with E-state index in [9.17, 15) is 5.11 Å². The number of aliphatic hydroxyl groups is 1. The first-order chi connectivity index (χ1) is 8.56. The first-order valence-corrected chi connectivity index (χ1v) is 7.63. The summed E-state index contributed by atoms with van der Waals surface area (Å²) in [6.07, 6.45) is 6.04. The van der Waals surface area contributed by atoms with E-state index in [1.54, 1.807) is 0 Å². The van der Waals surface area contributed by atoms with Crippen molar-refractivity contribution in [2.45, 2.75) is 51.2 Å². The summed E-state index contributed by atoms with van der Waals surface area (Å²) in [5.41, 5.74) is 0. The van der Waals surface area contributed by atoms with Gasteiger partial charge in [0.05, 0.1) is 6.10 Å². The van der Waals surface area contributed by atoms with Gasteiger partial charge in [0.2, 0.25) is 0 Å². The minimum atomic E-state index is -0.0539. The minimum Gasteiger partial charge on any atom is -0.393 e. The Kier molecular flexibility index (Phi) is 5.05. The van der Waals surface area contributed by atoms with Gasteiger partial charge in [-0.05, 0) is 64.6 Å². The summed E-state index contributed by atoms with van der Waals surface area (Å²) in [5, 5.41) is 10.2. The van der Waals surface area contributed by atoms with E-state index in [4.69, 9.17) is 0 Å². The van der Waals surface area contributed by atoms with E-state index in [-0.39, 0.29) is 6.10 Å². The lowest BCUT2D eigenvalue weighted by Gasteiger charge is -2.36. The summed E-state index contributed by atoms with van der Waals surface area (Å²) in [7, 11) is 4.32. The Hall–Kier alpha value is -0.120. The van der Waals surface area contributed by atoms with Crippen LogP contribution in [-0.4, -0.2) is 60.8 Å². The lowest BCUT2D eigenvalue weighted by atomic mass is 9.80. The monoisotopic (exact) mass is 254 g/mol. The van der Waals surface area contributed by atoms with E-state index >= 15 is 0 Å². The van der Waals surface area contributed by atoms with Gasteiger partial charge in [-0.2, -0.15) is 0 Å². The molecule has 1 aliphatic carbocycles. The van der Waals surface area contributed by atoms with Crippen LogP contribution < -0.4 is 0 Å². The van der Waals surface area contributed by atoms with E-state index < -0.39 is 0 Å². The average Bonchev–Trinajstić information content (AvgIpc) is 2.70. The summed E-state index contributed by atoms with van der Waals surface area (Å²) < 4.78 is 0. The molecular formula is C15H30N2O. The van der Waals surface area contributed by atoms with E-state index in [0.29, 0.717) is 12.0 Å². The third-order valence-corrected chi connectivity index (χ3v) is 4.75. The van der Waals surface area contributed by atoms with Gasteiger partial charge >= 0.3 is 0 Å². The first kappa shape index (κ1) is 14.3. The van der Waals surface area contributed by atoms with Crippen LogP contribution in [0.3, 0.4) is 0 Å². The highest BCUT2D eigenvalue weighted by Gasteiger charge is 2.32. The number of rotatable bonds is 4. The van der Waals surface area contributed by atoms with Crippen molar-refractivity contribution in [1.29, 1.82) is 0 Å². The zero-order valence-electron chi connectivity index (χ0n) is 12.3. The average molecular weight is 254 g/mol. The Bertz CT molecular complexity index is 257. The van der Waals surface area contributed by atoms with Crippen molar-refractivity contribution >= 4 is 0 Å². The Labute approximate surface area is 112 Å². The third-order valence-electron chi connectivity index (χ3n) is 4.75. The first-order valence-electron chi connectivity index (χ1n) is 7.63. The van der Waals surface area contributed by atoms with E-state index in [1.807, 2.05) is 0 Å². The van der Waals surface area contributed by atoms with Crippen molar-refractivity contribution in [3.8, 4) is 0 Å². The second kappa shape index (κ2) is 6.36. The molecular weight excluding hydrogens is 224 g/mol. The van der Waals surface area contributed by atoms with Gasteiger partial charge in [0.25, 0.3) is 0 Å². The molecule has 2 rings (SSSR count). The van der Waals surface area contributed by atoms with Gasteiger partial charge < -0.3 is 10.0 Å². The summed E-state index contributed by atoms with van der Waals surface area (Å²) >= 11 is 0. The van der Waals surface area contributed by atoms with Crippen LogP contribution in [0.15, 0.2) is 0 Å². The maximum absolute atomic E-state index is 10.2. The molecule has 1 heterocycles. The highest BCUT2D eigenvalue weighted by Crippen LogP contribution is 2.31. The fourth-order valence-electron chi connectivity index (χ4n) is 3.74. The zero-order valence-corrected chi connectivity index (χ0v) is 12.3. The molecule has 0 amide bonds. The lowest BCUT2D eigenvalue weighted by Crippen LogP contribution is -2.43. The number of hydrogen-bond donors (Lipinski definition) is 1. The van der Waals surface area contributed by atoms with Gasteiger partial charge in [-0.25, -0.2) is 0 Å². The predicted molar refractivity (Wildman–Crippen MR) is 75.7 cm³/mol. The van der Waals surface area contributed by atoms with Gasteiger partial charge in [0.1, 0.15) is 0 Å². The van der Waals surface area contributed by atoms with Crippen LogP contribution in [-0.2, 0) is 0 Å². The molecule has 4 atom stereocenters. The largest absolute Gasteiger partial charge is 0.393 e. The quantitative estimate of drug-likeness (QED) is 0.829. The maximum Gasteiger partial charge on any atom is 0.0580 e. The van der Waals surface area contributed by atoms with Crippen LogP contribution in [0.25, 0.3) is 0 Å². The molecule has 2 fully saturated rings. The van der Waals surface area contributed by atoms with Crippen molar-refractivity contribution in [3.63, 3.8) is 0 Å². The summed E-state index contributed by atoms with van der Waals surface area (Å²) in [6, 6.07) is 0.712. The summed E-state index contributed by atoms with van der Waals surface area (Å²) in [6.45, 7) is 5.85. The molecule has 0 spiro atoms. The molecule has 0 aromatic carbocycles. The van der Waals surface area contributed by atoms with Gasteiger partial charge in [0.15, 0.2) is 0 Å². The van der Waals surface area contributed by atoms with Gasteiger partial charge in [-0.3, -0.25) is 4.90 Å². The molecule has 0 bridgehead atoms. The topological polar surface area (TPSA) is 26.7 Å². The van der Waals surface area contributed by atoms with Gasteiger partial charge in [-0.15, -0.1) is 0 Å². The molecule has 3 nitrogen and oxygen atoms in total. The predicted octanol–water partition coefficient (Wildman–Crippen LogP) is 1.81. The maximum atomic E-state index is 10.2. The van der Waals surface area contributed by atoms with Crippen molar-refractivity contribution in [2.24, 2.45) is 11.8 Å². The molecule has 2 aliphatic rings. The fourth-order valence-corrected chi connectivity index (χ4v) is 3.74. The van der Waals surface area contributed by atoms with Gasteiger partial charge in [0, 0.05) is 19.1 Å². The number of likely N-dealkylation sites (N-methyl/N-ethyl adjacent to an activating group) is 1. The fraction of sp³-hybridized carbons (Fsp3) is 1.00. The highest BCUT2D eigenvalue weighted by molar-refractivity contribution is 4.86. The molecule has 1 aliphatic heterocycles. The third kappa shape index (κ3) is 3.69. The second-order valence-electron chi connectivity index (χ2n) is 6.80. The van der Waals surface area contributed by atoms with Crippen LogP contribution in [0, 0.1) is 11.8 Å². The molecule has 18 heavy (non-hydrogen) atoms. The smallest absolute Gasteiger partial charge is 0.0580 e. The minimum absolute atomic E-state index is 0.0539. The molecule has 106 valence electrons. The summed E-state index contributed by atoms with van der Waals surface area (Å²) in [4.78, 5) is 4.93. The number of aliphatic hydroxyl groups excluding tert-OH is 1. The molecule has 1 N–H and O–H groups in total. The van der Waals surface area contributed by atoms with E-state index in [1.165, 1.54) is 38.8 Å². The molecule has 1 saturated carbocycles. The van der Waals surface area contributed by atoms with Crippen LogP contribution in [0.1, 0.15) is 39.0 Å². The Morgan fingerprint density at radius 1 is 1.22 bits per heavy atom. The molecule has 4 unspecified atom stereocenters. The normalized spacial score (nSPS) is 38.5. The molecule has 0 aromatic rings. The Balaban J connectivity index is 1.87. The number of hydrogen-bond acceptors (Lipinski definition) is 3.